The van der Waals surface area contributed by atoms with Crippen LogP contribution in [-0.4, -0.2) is 31.1 Å². The Morgan fingerprint density at radius 2 is 1.64 bits per heavy atom. The highest BCUT2D eigenvalue weighted by atomic mass is 35.5. The third-order valence-corrected chi connectivity index (χ3v) is 5.23. The van der Waals surface area contributed by atoms with Crippen LogP contribution in [0.25, 0.3) is 10.8 Å². The zero-order chi connectivity index (χ0) is 17.1. The van der Waals surface area contributed by atoms with Gasteiger partial charge in [0.05, 0.1) is 6.04 Å². The van der Waals surface area contributed by atoms with Gasteiger partial charge in [0.25, 0.3) is 0 Å². The van der Waals surface area contributed by atoms with Crippen LogP contribution in [0.1, 0.15) is 23.6 Å². The molecule has 0 aromatic heterocycles. The second-order valence-electron chi connectivity index (χ2n) is 6.70. The zero-order valence-corrected chi connectivity index (χ0v) is 15.0. The van der Waals surface area contributed by atoms with Crippen molar-refractivity contribution >= 4 is 22.4 Å². The topological polar surface area (TPSA) is 15.3 Å². The lowest BCUT2D eigenvalue weighted by atomic mass is 9.94. The maximum Gasteiger partial charge on any atom is 0.0602 e. The maximum absolute atomic E-state index is 6.31. The van der Waals surface area contributed by atoms with Crippen molar-refractivity contribution in [2.45, 2.75) is 12.5 Å². The minimum absolute atomic E-state index is 0.239. The summed E-state index contributed by atoms with van der Waals surface area (Å²) in [6.07, 6.45) is 1.17. The summed E-state index contributed by atoms with van der Waals surface area (Å²) in [5.74, 6) is 0. The Kier molecular flexibility index (Phi) is 5.02. The van der Waals surface area contributed by atoms with Gasteiger partial charge in [0.2, 0.25) is 0 Å². The molecule has 4 rings (SSSR count). The van der Waals surface area contributed by atoms with Crippen molar-refractivity contribution in [1.29, 1.82) is 0 Å². The molecule has 25 heavy (non-hydrogen) atoms. The Morgan fingerprint density at radius 1 is 0.800 bits per heavy atom. The van der Waals surface area contributed by atoms with E-state index in [0.29, 0.717) is 0 Å². The van der Waals surface area contributed by atoms with Gasteiger partial charge in [0.15, 0.2) is 0 Å². The zero-order valence-electron chi connectivity index (χ0n) is 14.3. The molecule has 0 bridgehead atoms. The van der Waals surface area contributed by atoms with Crippen LogP contribution in [0.15, 0.2) is 66.7 Å². The monoisotopic (exact) mass is 350 g/mol. The number of hydrogen-bond donors (Lipinski definition) is 1. The molecule has 0 spiro atoms. The summed E-state index contributed by atoms with van der Waals surface area (Å²) < 4.78 is 0. The molecule has 3 heteroatoms. The van der Waals surface area contributed by atoms with Gasteiger partial charge < -0.3 is 5.32 Å². The Morgan fingerprint density at radius 3 is 2.52 bits per heavy atom. The van der Waals surface area contributed by atoms with E-state index in [-0.39, 0.29) is 6.04 Å². The molecule has 0 amide bonds. The van der Waals surface area contributed by atoms with Crippen LogP contribution in [-0.2, 0) is 0 Å². The van der Waals surface area contributed by atoms with Crippen molar-refractivity contribution in [3.63, 3.8) is 0 Å². The Bertz CT molecular complexity index is 853. The second-order valence-corrected chi connectivity index (χ2v) is 7.14. The highest BCUT2D eigenvalue weighted by Gasteiger charge is 2.23. The van der Waals surface area contributed by atoms with E-state index in [1.807, 2.05) is 6.07 Å². The largest absolute Gasteiger partial charge is 0.315 e. The molecular formula is C22H23ClN2. The van der Waals surface area contributed by atoms with E-state index >= 15 is 0 Å². The van der Waals surface area contributed by atoms with E-state index in [4.69, 9.17) is 11.6 Å². The molecule has 1 heterocycles. The maximum atomic E-state index is 6.31. The molecule has 1 N–H and O–H groups in total. The van der Waals surface area contributed by atoms with Crippen LogP contribution in [0.4, 0.5) is 0 Å². The number of fused-ring (bicyclic) bond motifs is 1. The lowest BCUT2D eigenvalue weighted by molar-refractivity contribution is 0.241. The van der Waals surface area contributed by atoms with Gasteiger partial charge in [-0.3, -0.25) is 4.90 Å². The number of nitrogens with zero attached hydrogens (tertiary/aromatic N) is 1. The molecule has 1 saturated heterocycles. The first-order valence-electron chi connectivity index (χ1n) is 9.00. The lowest BCUT2D eigenvalue weighted by Gasteiger charge is -2.31. The summed E-state index contributed by atoms with van der Waals surface area (Å²) in [5.41, 5.74) is 2.60. The standard InChI is InChI=1S/C22H23ClN2/c23-21-8-3-7-19(16-21)22(25-13-4-11-24-12-14-25)20-10-9-17-5-1-2-6-18(17)15-20/h1-3,5-10,15-16,22,24H,4,11-14H2. The Labute approximate surface area is 154 Å². The number of nitrogens with one attached hydrogen (secondary N) is 1. The fourth-order valence-electron chi connectivity index (χ4n) is 3.79. The van der Waals surface area contributed by atoms with Gasteiger partial charge in [-0.25, -0.2) is 0 Å². The van der Waals surface area contributed by atoms with Gasteiger partial charge in [0.1, 0.15) is 0 Å². The number of rotatable bonds is 3. The molecule has 1 atom stereocenters. The molecule has 1 aliphatic heterocycles. The van der Waals surface area contributed by atoms with Gasteiger partial charge in [-0.2, -0.15) is 0 Å². The predicted octanol–water partition coefficient (Wildman–Crippen LogP) is 4.88. The minimum Gasteiger partial charge on any atom is -0.315 e. The predicted molar refractivity (Wildman–Crippen MR) is 106 cm³/mol. The van der Waals surface area contributed by atoms with Crippen LogP contribution in [0, 0.1) is 0 Å². The lowest BCUT2D eigenvalue weighted by Crippen LogP contribution is -2.33. The van der Waals surface area contributed by atoms with E-state index in [2.05, 4.69) is 70.9 Å². The summed E-state index contributed by atoms with van der Waals surface area (Å²) in [6, 6.07) is 24.0. The number of halogens is 1. The Balaban J connectivity index is 1.80. The van der Waals surface area contributed by atoms with Crippen molar-refractivity contribution in [3.8, 4) is 0 Å². The Hall–Kier alpha value is -1.87. The average molecular weight is 351 g/mol. The van der Waals surface area contributed by atoms with Crippen LogP contribution < -0.4 is 5.32 Å². The van der Waals surface area contributed by atoms with E-state index in [0.717, 1.165) is 31.2 Å². The third-order valence-electron chi connectivity index (χ3n) is 4.99. The van der Waals surface area contributed by atoms with Crippen LogP contribution in [0.5, 0.6) is 0 Å². The quantitative estimate of drug-likeness (QED) is 0.724. The van der Waals surface area contributed by atoms with Gasteiger partial charge in [-0.15, -0.1) is 0 Å². The molecule has 1 aliphatic rings. The fraction of sp³-hybridized carbons (Fsp3) is 0.273. The fourth-order valence-corrected chi connectivity index (χ4v) is 3.99. The first-order chi connectivity index (χ1) is 12.3. The van der Waals surface area contributed by atoms with Crippen molar-refractivity contribution in [3.05, 3.63) is 82.9 Å². The van der Waals surface area contributed by atoms with E-state index in [9.17, 15) is 0 Å². The molecular weight excluding hydrogens is 328 g/mol. The van der Waals surface area contributed by atoms with Crippen molar-refractivity contribution < 1.29 is 0 Å². The normalized spacial score (nSPS) is 17.3. The van der Waals surface area contributed by atoms with E-state index in [1.54, 1.807) is 0 Å². The summed E-state index contributed by atoms with van der Waals surface area (Å²) in [7, 11) is 0. The van der Waals surface area contributed by atoms with E-state index in [1.165, 1.54) is 28.3 Å². The molecule has 0 saturated carbocycles. The van der Waals surface area contributed by atoms with Crippen LogP contribution in [0.3, 0.4) is 0 Å². The molecule has 0 radical (unpaired) electrons. The first-order valence-corrected chi connectivity index (χ1v) is 9.38. The SMILES string of the molecule is Clc1cccc(C(c2ccc3ccccc3c2)N2CCCNCC2)c1. The highest BCUT2D eigenvalue weighted by Crippen LogP contribution is 2.32. The molecule has 128 valence electrons. The third kappa shape index (κ3) is 3.72. The molecule has 2 nitrogen and oxygen atoms in total. The minimum atomic E-state index is 0.239. The molecule has 0 aliphatic carbocycles. The second kappa shape index (κ2) is 7.57. The summed E-state index contributed by atoms with van der Waals surface area (Å²) in [4.78, 5) is 2.58. The van der Waals surface area contributed by atoms with Crippen LogP contribution >= 0.6 is 11.6 Å². The summed E-state index contributed by atoms with van der Waals surface area (Å²) in [5, 5.41) is 6.89. The van der Waals surface area contributed by atoms with Crippen molar-refractivity contribution in [2.75, 3.05) is 26.2 Å². The van der Waals surface area contributed by atoms with Crippen molar-refractivity contribution in [1.82, 2.24) is 10.2 Å². The average Bonchev–Trinajstić information content (AvgIpc) is 2.91. The van der Waals surface area contributed by atoms with Gasteiger partial charge in [0, 0.05) is 24.7 Å². The number of benzene rings is 3. The van der Waals surface area contributed by atoms with Gasteiger partial charge in [-0.05, 0) is 53.1 Å². The highest BCUT2D eigenvalue weighted by molar-refractivity contribution is 6.30. The molecule has 3 aromatic carbocycles. The smallest absolute Gasteiger partial charge is 0.0602 e. The first kappa shape index (κ1) is 16.6. The van der Waals surface area contributed by atoms with Gasteiger partial charge >= 0.3 is 0 Å². The van der Waals surface area contributed by atoms with Crippen molar-refractivity contribution in [2.24, 2.45) is 0 Å². The van der Waals surface area contributed by atoms with Gasteiger partial charge in [-0.1, -0.05) is 60.1 Å². The number of hydrogen-bond acceptors (Lipinski definition) is 2. The molecule has 1 fully saturated rings. The molecule has 1 unspecified atom stereocenters. The summed E-state index contributed by atoms with van der Waals surface area (Å²) >= 11 is 6.31. The van der Waals surface area contributed by atoms with Crippen LogP contribution in [0.2, 0.25) is 5.02 Å². The summed E-state index contributed by atoms with van der Waals surface area (Å²) in [6.45, 7) is 4.27. The molecule has 3 aromatic rings. The van der Waals surface area contributed by atoms with E-state index < -0.39 is 0 Å².